The molecule has 0 bridgehead atoms. The van der Waals surface area contributed by atoms with E-state index in [0.717, 1.165) is 5.56 Å². The number of carbonyl (C=O) groups excluding carboxylic acids is 1. The first-order valence-electron chi connectivity index (χ1n) is 6.14. The minimum atomic E-state index is -0.172. The number of benzene rings is 1. The fourth-order valence-electron chi connectivity index (χ4n) is 1.89. The second-order valence-corrected chi connectivity index (χ2v) is 5.32. The minimum Gasteiger partial charge on any atom is -0.334 e. The van der Waals surface area contributed by atoms with Crippen molar-refractivity contribution in [3.8, 4) is 0 Å². The zero-order chi connectivity index (χ0) is 14.7. The summed E-state index contributed by atoms with van der Waals surface area (Å²) in [6.07, 6.45) is 1.60. The van der Waals surface area contributed by atoms with Gasteiger partial charge in [0.25, 0.3) is 5.91 Å². The maximum Gasteiger partial charge on any atom is 0.272 e. The summed E-state index contributed by atoms with van der Waals surface area (Å²) in [7, 11) is 1.73. The summed E-state index contributed by atoms with van der Waals surface area (Å²) in [5.41, 5.74) is 1.26. The van der Waals surface area contributed by atoms with Crippen molar-refractivity contribution in [3.63, 3.8) is 0 Å². The lowest BCUT2D eigenvalue weighted by Crippen LogP contribution is -2.30. The van der Waals surface area contributed by atoms with Crippen LogP contribution in [0.25, 0.3) is 0 Å². The lowest BCUT2D eigenvalue weighted by molar-refractivity contribution is 0.0737. The summed E-state index contributed by atoms with van der Waals surface area (Å²) in [6, 6.07) is 10.3. The standard InChI is InChI=1S/C15H14Cl2N2O/c1-10(12-7-6-11(16)9-13(12)17)19(2)15(20)14-5-3-4-8-18-14/h3-10H,1-2H3. The monoisotopic (exact) mass is 308 g/mol. The van der Waals surface area contributed by atoms with Crippen molar-refractivity contribution in [2.75, 3.05) is 7.05 Å². The third-order valence-corrected chi connectivity index (χ3v) is 3.76. The van der Waals surface area contributed by atoms with E-state index in [-0.39, 0.29) is 11.9 Å². The Bertz CT molecular complexity index is 617. The second-order valence-electron chi connectivity index (χ2n) is 4.47. The van der Waals surface area contributed by atoms with Crippen LogP contribution in [0, 0.1) is 0 Å². The first-order valence-corrected chi connectivity index (χ1v) is 6.89. The number of nitrogens with zero attached hydrogens (tertiary/aromatic N) is 2. The molecule has 0 aliphatic heterocycles. The van der Waals surface area contributed by atoms with E-state index < -0.39 is 0 Å². The smallest absolute Gasteiger partial charge is 0.272 e. The van der Waals surface area contributed by atoms with Crippen LogP contribution in [0.5, 0.6) is 0 Å². The van der Waals surface area contributed by atoms with Crippen LogP contribution in [-0.2, 0) is 0 Å². The Morgan fingerprint density at radius 1 is 1.25 bits per heavy atom. The van der Waals surface area contributed by atoms with Crippen LogP contribution in [0.2, 0.25) is 10.0 Å². The number of halogens is 2. The predicted octanol–water partition coefficient (Wildman–Crippen LogP) is 4.22. The highest BCUT2D eigenvalue weighted by Gasteiger charge is 2.21. The van der Waals surface area contributed by atoms with Crippen LogP contribution in [0.15, 0.2) is 42.6 Å². The fraction of sp³-hybridized carbons (Fsp3) is 0.200. The van der Waals surface area contributed by atoms with E-state index >= 15 is 0 Å². The Labute approximate surface area is 128 Å². The Hall–Kier alpha value is -1.58. The number of amides is 1. The summed E-state index contributed by atoms with van der Waals surface area (Å²) >= 11 is 12.1. The van der Waals surface area contributed by atoms with Gasteiger partial charge in [0.2, 0.25) is 0 Å². The van der Waals surface area contributed by atoms with Gasteiger partial charge in [0, 0.05) is 23.3 Å². The van der Waals surface area contributed by atoms with Crippen LogP contribution in [0.3, 0.4) is 0 Å². The Morgan fingerprint density at radius 2 is 2.00 bits per heavy atom. The van der Waals surface area contributed by atoms with Crippen molar-refractivity contribution in [1.82, 2.24) is 9.88 Å². The number of rotatable bonds is 3. The molecule has 0 aliphatic rings. The van der Waals surface area contributed by atoms with E-state index in [4.69, 9.17) is 23.2 Å². The van der Waals surface area contributed by atoms with E-state index in [1.54, 1.807) is 48.5 Å². The van der Waals surface area contributed by atoms with E-state index in [0.29, 0.717) is 15.7 Å². The quantitative estimate of drug-likeness (QED) is 0.850. The van der Waals surface area contributed by atoms with E-state index in [2.05, 4.69) is 4.98 Å². The molecule has 0 saturated carbocycles. The third kappa shape index (κ3) is 3.11. The molecule has 1 aromatic carbocycles. The van der Waals surface area contributed by atoms with Crippen LogP contribution in [-0.4, -0.2) is 22.8 Å². The van der Waals surface area contributed by atoms with Crippen LogP contribution < -0.4 is 0 Å². The molecule has 1 aromatic heterocycles. The van der Waals surface area contributed by atoms with Gasteiger partial charge in [0.15, 0.2) is 0 Å². The van der Waals surface area contributed by atoms with Crippen molar-refractivity contribution < 1.29 is 4.79 Å². The van der Waals surface area contributed by atoms with Crippen molar-refractivity contribution in [1.29, 1.82) is 0 Å². The van der Waals surface area contributed by atoms with Gasteiger partial charge in [-0.05, 0) is 36.8 Å². The van der Waals surface area contributed by atoms with Gasteiger partial charge in [-0.2, -0.15) is 0 Å². The van der Waals surface area contributed by atoms with Crippen LogP contribution in [0.1, 0.15) is 29.0 Å². The molecule has 1 amide bonds. The Morgan fingerprint density at radius 3 is 2.60 bits per heavy atom. The van der Waals surface area contributed by atoms with E-state index in [1.165, 1.54) is 0 Å². The maximum atomic E-state index is 12.3. The molecule has 2 aromatic rings. The van der Waals surface area contributed by atoms with Gasteiger partial charge in [-0.3, -0.25) is 9.78 Å². The summed E-state index contributed by atoms with van der Waals surface area (Å²) in [6.45, 7) is 1.91. The fourth-order valence-corrected chi connectivity index (χ4v) is 2.46. The molecule has 0 fully saturated rings. The van der Waals surface area contributed by atoms with E-state index in [9.17, 15) is 4.79 Å². The molecule has 0 saturated heterocycles. The molecule has 1 unspecified atom stereocenters. The van der Waals surface area contributed by atoms with Gasteiger partial charge in [-0.1, -0.05) is 35.3 Å². The predicted molar refractivity (Wildman–Crippen MR) is 81.2 cm³/mol. The molecule has 104 valence electrons. The van der Waals surface area contributed by atoms with Crippen LogP contribution >= 0.6 is 23.2 Å². The summed E-state index contributed by atoms with van der Waals surface area (Å²) in [4.78, 5) is 18.0. The molecule has 0 radical (unpaired) electrons. The average Bonchev–Trinajstić information content (AvgIpc) is 2.46. The van der Waals surface area contributed by atoms with Crippen molar-refractivity contribution in [2.45, 2.75) is 13.0 Å². The lowest BCUT2D eigenvalue weighted by atomic mass is 10.1. The first-order chi connectivity index (χ1) is 9.50. The largest absolute Gasteiger partial charge is 0.334 e. The Balaban J connectivity index is 2.24. The summed E-state index contributed by atoms with van der Waals surface area (Å²) < 4.78 is 0. The maximum absolute atomic E-state index is 12.3. The summed E-state index contributed by atoms with van der Waals surface area (Å²) in [5, 5.41) is 1.12. The molecule has 1 heterocycles. The normalized spacial score (nSPS) is 12.0. The molecule has 3 nitrogen and oxygen atoms in total. The number of carbonyl (C=O) groups is 1. The molecule has 5 heteroatoms. The summed E-state index contributed by atoms with van der Waals surface area (Å²) in [5.74, 6) is -0.149. The van der Waals surface area contributed by atoms with Gasteiger partial charge >= 0.3 is 0 Å². The number of aromatic nitrogens is 1. The van der Waals surface area contributed by atoms with Crippen molar-refractivity contribution >= 4 is 29.1 Å². The molecule has 0 N–H and O–H groups in total. The third-order valence-electron chi connectivity index (χ3n) is 3.20. The molecule has 1 atom stereocenters. The molecule has 20 heavy (non-hydrogen) atoms. The second kappa shape index (κ2) is 6.25. The highest BCUT2D eigenvalue weighted by molar-refractivity contribution is 6.35. The van der Waals surface area contributed by atoms with Gasteiger partial charge in [0.1, 0.15) is 5.69 Å². The highest BCUT2D eigenvalue weighted by Crippen LogP contribution is 2.29. The first kappa shape index (κ1) is 14.8. The highest BCUT2D eigenvalue weighted by atomic mass is 35.5. The number of hydrogen-bond donors (Lipinski definition) is 0. The average molecular weight is 309 g/mol. The SMILES string of the molecule is CC(c1ccc(Cl)cc1Cl)N(C)C(=O)c1ccccn1. The molecular formula is C15H14Cl2N2O. The molecular weight excluding hydrogens is 295 g/mol. The topological polar surface area (TPSA) is 33.2 Å². The van der Waals surface area contributed by atoms with Crippen molar-refractivity contribution in [2.24, 2.45) is 0 Å². The molecule has 0 spiro atoms. The zero-order valence-electron chi connectivity index (χ0n) is 11.2. The van der Waals surface area contributed by atoms with Gasteiger partial charge < -0.3 is 4.90 Å². The van der Waals surface area contributed by atoms with E-state index in [1.807, 2.05) is 13.0 Å². The number of pyridine rings is 1. The molecule has 0 aliphatic carbocycles. The number of hydrogen-bond acceptors (Lipinski definition) is 2. The van der Waals surface area contributed by atoms with Gasteiger partial charge in [-0.25, -0.2) is 0 Å². The van der Waals surface area contributed by atoms with Crippen molar-refractivity contribution in [3.05, 3.63) is 63.9 Å². The van der Waals surface area contributed by atoms with Gasteiger partial charge in [-0.15, -0.1) is 0 Å². The minimum absolute atomic E-state index is 0.149. The van der Waals surface area contributed by atoms with Gasteiger partial charge in [0.05, 0.1) is 6.04 Å². The zero-order valence-corrected chi connectivity index (χ0v) is 12.7. The molecule has 2 rings (SSSR count). The Kier molecular flexibility index (Phi) is 4.63. The van der Waals surface area contributed by atoms with Crippen LogP contribution in [0.4, 0.5) is 0 Å². The lowest BCUT2D eigenvalue weighted by Gasteiger charge is -2.25.